The summed E-state index contributed by atoms with van der Waals surface area (Å²) in [6, 6.07) is 12.6. The molecule has 1 fully saturated rings. The van der Waals surface area contributed by atoms with Gasteiger partial charge in [0.15, 0.2) is 0 Å². The van der Waals surface area contributed by atoms with Crippen LogP contribution in [0.4, 0.5) is 4.39 Å². The fraction of sp³-hybridized carbons (Fsp3) is 0.222. The lowest BCUT2D eigenvalue weighted by atomic mass is 10.1. The van der Waals surface area contributed by atoms with Gasteiger partial charge in [-0.25, -0.2) is 9.37 Å². The Morgan fingerprint density at radius 2 is 2.09 bits per heavy atom. The van der Waals surface area contributed by atoms with Crippen LogP contribution < -0.4 is 4.74 Å². The van der Waals surface area contributed by atoms with Gasteiger partial charge in [-0.3, -0.25) is 14.2 Å². The van der Waals surface area contributed by atoms with Crippen molar-refractivity contribution in [2.45, 2.75) is 32.4 Å². The molecule has 34 heavy (non-hydrogen) atoms. The largest absolute Gasteiger partial charge is 0.489 e. The second kappa shape index (κ2) is 9.09. The summed E-state index contributed by atoms with van der Waals surface area (Å²) in [4.78, 5) is 23.5. The summed E-state index contributed by atoms with van der Waals surface area (Å²) in [6.07, 6.45) is 8.56. The molecule has 1 aliphatic heterocycles. The number of halogens is 1. The first-order valence-electron chi connectivity index (χ1n) is 11.3. The molecular formula is C27H25FN4O2. The van der Waals surface area contributed by atoms with E-state index in [-0.39, 0.29) is 17.8 Å². The number of ether oxygens (including phenoxy) is 1. The monoisotopic (exact) mass is 456 g/mol. The van der Waals surface area contributed by atoms with Gasteiger partial charge >= 0.3 is 0 Å². The zero-order chi connectivity index (χ0) is 23.7. The van der Waals surface area contributed by atoms with Gasteiger partial charge in [-0.2, -0.15) is 0 Å². The van der Waals surface area contributed by atoms with Crippen LogP contribution in [0.1, 0.15) is 35.8 Å². The summed E-state index contributed by atoms with van der Waals surface area (Å²) in [5.41, 5.74) is 4.13. The van der Waals surface area contributed by atoms with Gasteiger partial charge in [0.25, 0.3) is 0 Å². The van der Waals surface area contributed by atoms with Gasteiger partial charge in [-0.15, -0.1) is 0 Å². The molecule has 1 atom stereocenters. The normalized spacial score (nSPS) is 15.6. The molecular weight excluding hydrogens is 431 g/mol. The molecule has 5 rings (SSSR count). The molecule has 0 radical (unpaired) electrons. The summed E-state index contributed by atoms with van der Waals surface area (Å²) in [7, 11) is 0. The van der Waals surface area contributed by atoms with Crippen LogP contribution in [0.2, 0.25) is 0 Å². The maximum Gasteiger partial charge on any atom is 0.246 e. The minimum absolute atomic E-state index is 0.0762. The molecule has 0 spiro atoms. The highest BCUT2D eigenvalue weighted by atomic mass is 19.1. The van der Waals surface area contributed by atoms with Gasteiger partial charge in [-0.05, 0) is 73.4 Å². The number of amides is 1. The Labute approximate surface area is 197 Å². The number of nitrogens with zero attached hydrogens (tertiary/aromatic N) is 4. The van der Waals surface area contributed by atoms with Crippen molar-refractivity contribution in [3.63, 3.8) is 0 Å². The number of imidazole rings is 1. The summed E-state index contributed by atoms with van der Waals surface area (Å²) in [5, 5.41) is 0. The molecule has 0 aliphatic carbocycles. The predicted molar refractivity (Wildman–Crippen MR) is 128 cm³/mol. The lowest BCUT2D eigenvalue weighted by molar-refractivity contribution is -0.127. The fourth-order valence-electron chi connectivity index (χ4n) is 4.50. The quantitative estimate of drug-likeness (QED) is 0.371. The Balaban J connectivity index is 1.41. The van der Waals surface area contributed by atoms with Crippen LogP contribution >= 0.6 is 0 Å². The SMILES string of the molecule is C=CC(=O)N1CCC[C@H]1c1nc(-c2ccc(OCc3ccc(F)c(C)c3)cc2)c2cnccn12. The van der Waals surface area contributed by atoms with Crippen molar-refractivity contribution in [3.8, 4) is 17.0 Å². The minimum atomic E-state index is -0.219. The number of benzene rings is 2. The Hall–Kier alpha value is -4.00. The standard InChI is InChI=1S/C27H25FN4O2/c1-3-25(33)31-13-4-5-23(31)27-30-26(24-16-29-12-14-32(24)27)20-7-9-21(10-8-20)34-17-19-6-11-22(28)18(2)15-19/h3,6-12,14-16,23H,1,4-5,13,17H2,2H3/t23-/m0/s1. The molecule has 6 nitrogen and oxygen atoms in total. The highest BCUT2D eigenvalue weighted by Gasteiger charge is 2.32. The highest BCUT2D eigenvalue weighted by molar-refractivity contribution is 5.87. The van der Waals surface area contributed by atoms with Gasteiger partial charge in [0.05, 0.1) is 23.4 Å². The average Bonchev–Trinajstić information content (AvgIpc) is 3.50. The molecule has 7 heteroatoms. The van der Waals surface area contributed by atoms with E-state index >= 15 is 0 Å². The van der Waals surface area contributed by atoms with Gasteiger partial charge in [0, 0.05) is 24.5 Å². The fourth-order valence-corrected chi connectivity index (χ4v) is 4.50. The smallest absolute Gasteiger partial charge is 0.246 e. The van der Waals surface area contributed by atoms with Crippen molar-refractivity contribution in [3.05, 3.63) is 96.5 Å². The first kappa shape index (κ1) is 21.8. The summed E-state index contributed by atoms with van der Waals surface area (Å²) >= 11 is 0. The third-order valence-electron chi connectivity index (χ3n) is 6.24. The van der Waals surface area contributed by atoms with Crippen LogP contribution in [0.3, 0.4) is 0 Å². The van der Waals surface area contributed by atoms with E-state index < -0.39 is 0 Å². The van der Waals surface area contributed by atoms with Crippen LogP contribution in [-0.4, -0.2) is 31.7 Å². The van der Waals surface area contributed by atoms with E-state index in [1.54, 1.807) is 31.5 Å². The molecule has 2 aromatic heterocycles. The maximum atomic E-state index is 13.5. The van der Waals surface area contributed by atoms with Crippen molar-refractivity contribution in [1.82, 2.24) is 19.3 Å². The Morgan fingerprint density at radius 1 is 1.26 bits per heavy atom. The summed E-state index contributed by atoms with van der Waals surface area (Å²) < 4.78 is 21.4. The van der Waals surface area contributed by atoms with Crippen LogP contribution in [0, 0.1) is 12.7 Å². The average molecular weight is 457 g/mol. The van der Waals surface area contributed by atoms with Crippen molar-refractivity contribution >= 4 is 11.4 Å². The number of carbonyl (C=O) groups is 1. The second-order valence-corrected chi connectivity index (χ2v) is 8.44. The third kappa shape index (κ3) is 4.05. The van der Waals surface area contributed by atoms with Gasteiger partial charge in [-0.1, -0.05) is 12.6 Å². The van der Waals surface area contributed by atoms with Gasteiger partial charge in [0.2, 0.25) is 5.91 Å². The van der Waals surface area contributed by atoms with Gasteiger partial charge in [0.1, 0.15) is 24.0 Å². The van der Waals surface area contributed by atoms with Crippen LogP contribution in [0.5, 0.6) is 5.75 Å². The van der Waals surface area contributed by atoms with Crippen LogP contribution in [0.25, 0.3) is 16.8 Å². The Bertz CT molecular complexity index is 1360. The maximum absolute atomic E-state index is 13.5. The lowest BCUT2D eigenvalue weighted by Gasteiger charge is -2.22. The lowest BCUT2D eigenvalue weighted by Crippen LogP contribution is -2.29. The summed E-state index contributed by atoms with van der Waals surface area (Å²) in [5.74, 6) is 1.25. The molecule has 4 aromatic rings. The van der Waals surface area contributed by atoms with E-state index in [1.165, 1.54) is 12.1 Å². The first-order chi connectivity index (χ1) is 16.5. The molecule has 0 saturated carbocycles. The Kier molecular flexibility index (Phi) is 5.84. The molecule has 172 valence electrons. The van der Waals surface area contributed by atoms with Crippen molar-refractivity contribution < 1.29 is 13.9 Å². The number of fused-ring (bicyclic) bond motifs is 1. The van der Waals surface area contributed by atoms with E-state index in [2.05, 4.69) is 11.6 Å². The first-order valence-corrected chi connectivity index (χ1v) is 11.3. The molecule has 0 N–H and O–H groups in total. The van der Waals surface area contributed by atoms with E-state index in [9.17, 15) is 9.18 Å². The predicted octanol–water partition coefficient (Wildman–Crippen LogP) is 5.27. The number of hydrogen-bond acceptors (Lipinski definition) is 4. The van der Waals surface area contributed by atoms with Crippen LogP contribution in [-0.2, 0) is 11.4 Å². The molecule has 1 saturated heterocycles. The van der Waals surface area contributed by atoms with Crippen molar-refractivity contribution in [2.24, 2.45) is 0 Å². The second-order valence-electron chi connectivity index (χ2n) is 8.44. The zero-order valence-electron chi connectivity index (χ0n) is 18.9. The number of carbonyl (C=O) groups excluding carboxylic acids is 1. The Morgan fingerprint density at radius 3 is 2.85 bits per heavy atom. The molecule has 0 bridgehead atoms. The minimum Gasteiger partial charge on any atom is -0.489 e. The molecule has 2 aromatic carbocycles. The van der Waals surface area contributed by atoms with E-state index in [0.29, 0.717) is 24.5 Å². The van der Waals surface area contributed by atoms with Crippen molar-refractivity contribution in [1.29, 1.82) is 0 Å². The molecule has 1 aliphatic rings. The summed E-state index contributed by atoms with van der Waals surface area (Å²) in [6.45, 7) is 6.44. The van der Waals surface area contributed by atoms with Crippen LogP contribution in [0.15, 0.2) is 73.7 Å². The molecule has 3 heterocycles. The van der Waals surface area contributed by atoms with E-state index in [0.717, 1.165) is 41.0 Å². The number of rotatable bonds is 6. The number of aryl methyl sites for hydroxylation is 1. The third-order valence-corrected chi connectivity index (χ3v) is 6.24. The zero-order valence-corrected chi connectivity index (χ0v) is 18.9. The van der Waals surface area contributed by atoms with E-state index in [1.807, 2.05) is 39.8 Å². The highest BCUT2D eigenvalue weighted by Crippen LogP contribution is 2.35. The van der Waals surface area contributed by atoms with E-state index in [4.69, 9.17) is 9.72 Å². The number of likely N-dealkylation sites (tertiary alicyclic amines) is 1. The number of aromatic nitrogens is 3. The molecule has 0 unspecified atom stereocenters. The number of hydrogen-bond donors (Lipinski definition) is 0. The molecule has 1 amide bonds. The topological polar surface area (TPSA) is 59.7 Å². The van der Waals surface area contributed by atoms with Crippen molar-refractivity contribution in [2.75, 3.05) is 6.54 Å². The van der Waals surface area contributed by atoms with Gasteiger partial charge < -0.3 is 9.64 Å².